The Morgan fingerprint density at radius 2 is 2.33 bits per heavy atom. The molecule has 2 rings (SSSR count). The van der Waals surface area contributed by atoms with Gasteiger partial charge >= 0.3 is 0 Å². The van der Waals surface area contributed by atoms with E-state index in [1.807, 2.05) is 6.07 Å². The zero-order valence-electron chi connectivity index (χ0n) is 6.89. The van der Waals surface area contributed by atoms with Crippen LogP contribution in [0.5, 0.6) is 0 Å². The van der Waals surface area contributed by atoms with E-state index in [4.69, 9.17) is 0 Å². The van der Waals surface area contributed by atoms with E-state index < -0.39 is 0 Å². The molecule has 1 aliphatic heterocycles. The second-order valence-corrected chi connectivity index (χ2v) is 3.17. The predicted molar refractivity (Wildman–Crippen MR) is 45.1 cm³/mol. The lowest BCUT2D eigenvalue weighted by Crippen LogP contribution is -2.36. The number of nitrogens with zero attached hydrogens (tertiary/aromatic N) is 1. The van der Waals surface area contributed by atoms with Crippen molar-refractivity contribution in [1.29, 1.82) is 0 Å². The molecule has 0 saturated carbocycles. The lowest BCUT2D eigenvalue weighted by molar-refractivity contribution is 0.172. The van der Waals surface area contributed by atoms with E-state index in [0.717, 1.165) is 25.2 Å². The highest BCUT2D eigenvalue weighted by molar-refractivity contribution is 5.15. The summed E-state index contributed by atoms with van der Waals surface area (Å²) in [4.78, 5) is 2.30. The molecule has 12 heavy (non-hydrogen) atoms. The summed E-state index contributed by atoms with van der Waals surface area (Å²) in [7, 11) is 0. The van der Waals surface area contributed by atoms with Crippen molar-refractivity contribution >= 4 is 0 Å². The zero-order chi connectivity index (χ0) is 8.39. The summed E-state index contributed by atoms with van der Waals surface area (Å²) < 4.78 is 12.7. The summed E-state index contributed by atoms with van der Waals surface area (Å²) in [5.74, 6) is -0.256. The molecule has 0 N–H and O–H groups in total. The van der Waals surface area contributed by atoms with Gasteiger partial charge in [-0.15, -0.1) is 0 Å². The van der Waals surface area contributed by atoms with Crippen LogP contribution in [0, 0.1) is 11.9 Å². The first-order valence-corrected chi connectivity index (χ1v) is 4.23. The maximum Gasteiger partial charge on any atom is 0.131 e. The van der Waals surface area contributed by atoms with Crippen LogP contribution in [0.4, 0.5) is 4.39 Å². The van der Waals surface area contributed by atoms with Gasteiger partial charge < -0.3 is 0 Å². The molecule has 0 aliphatic carbocycles. The molecule has 1 radical (unpaired) electrons. The smallest absolute Gasteiger partial charge is 0.131 e. The van der Waals surface area contributed by atoms with Crippen molar-refractivity contribution in [3.8, 4) is 0 Å². The quantitative estimate of drug-likeness (QED) is 0.644. The molecule has 63 valence electrons. The third-order valence-corrected chi connectivity index (χ3v) is 2.19. The molecule has 1 aromatic carbocycles. The van der Waals surface area contributed by atoms with Gasteiger partial charge in [0.2, 0.25) is 0 Å². The molecule has 0 atom stereocenters. The van der Waals surface area contributed by atoms with Gasteiger partial charge in [-0.1, -0.05) is 12.1 Å². The number of benzene rings is 1. The highest BCUT2D eigenvalue weighted by Crippen LogP contribution is 2.12. The average Bonchev–Trinajstić information content (AvgIpc) is 1.97. The first-order valence-electron chi connectivity index (χ1n) is 4.23. The number of likely N-dealkylation sites (tertiary alicyclic amines) is 1. The minimum absolute atomic E-state index is 0.256. The molecule has 1 heterocycles. The van der Waals surface area contributed by atoms with Crippen LogP contribution in [0.25, 0.3) is 0 Å². The summed E-state index contributed by atoms with van der Waals surface area (Å²) in [6, 6.07) is 7.61. The minimum atomic E-state index is -0.256. The molecule has 1 aromatic rings. The van der Waals surface area contributed by atoms with Crippen molar-refractivity contribution in [1.82, 2.24) is 4.90 Å². The van der Waals surface area contributed by atoms with E-state index in [0.29, 0.717) is 0 Å². The van der Waals surface area contributed by atoms with Gasteiger partial charge in [0.1, 0.15) is 5.82 Å². The molecule has 0 bridgehead atoms. The van der Waals surface area contributed by atoms with Crippen LogP contribution in [0.15, 0.2) is 18.2 Å². The van der Waals surface area contributed by atoms with Gasteiger partial charge in [0.15, 0.2) is 0 Å². The molecule has 1 aliphatic rings. The van der Waals surface area contributed by atoms with Gasteiger partial charge in [0.05, 0.1) is 0 Å². The SMILES string of the molecule is Fc1[c]ccc(CN2CCC2)c1. The Balaban J connectivity index is 2.02. The van der Waals surface area contributed by atoms with E-state index in [9.17, 15) is 4.39 Å². The normalized spacial score (nSPS) is 17.4. The Morgan fingerprint density at radius 1 is 1.50 bits per heavy atom. The van der Waals surface area contributed by atoms with Gasteiger partial charge in [-0.3, -0.25) is 4.90 Å². The Hall–Kier alpha value is -0.890. The molecule has 2 heteroatoms. The molecule has 0 amide bonds. The lowest BCUT2D eigenvalue weighted by atomic mass is 10.1. The van der Waals surface area contributed by atoms with Crippen molar-refractivity contribution in [3.63, 3.8) is 0 Å². The molecule has 1 fully saturated rings. The molecular weight excluding hydrogens is 153 g/mol. The van der Waals surface area contributed by atoms with Gasteiger partial charge in [-0.25, -0.2) is 4.39 Å². The fraction of sp³-hybridized carbons (Fsp3) is 0.400. The van der Waals surface area contributed by atoms with Crippen LogP contribution < -0.4 is 0 Å². The average molecular weight is 164 g/mol. The molecular formula is C10H11FN. The Kier molecular flexibility index (Phi) is 2.09. The summed E-state index contributed by atoms with van der Waals surface area (Å²) >= 11 is 0. The van der Waals surface area contributed by atoms with Crippen LogP contribution in [0.1, 0.15) is 12.0 Å². The maximum atomic E-state index is 12.7. The van der Waals surface area contributed by atoms with Crippen molar-refractivity contribution in [2.45, 2.75) is 13.0 Å². The van der Waals surface area contributed by atoms with Crippen LogP contribution in [-0.2, 0) is 6.54 Å². The third-order valence-electron chi connectivity index (χ3n) is 2.19. The van der Waals surface area contributed by atoms with E-state index in [1.165, 1.54) is 6.42 Å². The second kappa shape index (κ2) is 3.23. The first-order chi connectivity index (χ1) is 5.84. The molecule has 1 nitrogen and oxygen atoms in total. The first kappa shape index (κ1) is 7.74. The van der Waals surface area contributed by atoms with Gasteiger partial charge in [0.25, 0.3) is 0 Å². The summed E-state index contributed by atoms with van der Waals surface area (Å²) in [5, 5.41) is 0. The zero-order valence-corrected chi connectivity index (χ0v) is 6.89. The Bertz CT molecular complexity index is 268. The van der Waals surface area contributed by atoms with Gasteiger partial charge in [-0.05, 0) is 31.1 Å². The van der Waals surface area contributed by atoms with E-state index in [-0.39, 0.29) is 5.82 Å². The number of rotatable bonds is 2. The van der Waals surface area contributed by atoms with Crippen LogP contribution >= 0.6 is 0 Å². The highest BCUT2D eigenvalue weighted by atomic mass is 19.1. The van der Waals surface area contributed by atoms with Crippen LogP contribution in [-0.4, -0.2) is 18.0 Å². The lowest BCUT2D eigenvalue weighted by Gasteiger charge is -2.30. The minimum Gasteiger partial charge on any atom is -0.299 e. The Morgan fingerprint density at radius 3 is 2.92 bits per heavy atom. The van der Waals surface area contributed by atoms with E-state index in [1.54, 1.807) is 12.1 Å². The summed E-state index contributed by atoms with van der Waals surface area (Å²) in [6.07, 6.45) is 1.28. The topological polar surface area (TPSA) is 3.24 Å². The van der Waals surface area contributed by atoms with Crippen LogP contribution in [0.2, 0.25) is 0 Å². The molecule has 0 spiro atoms. The van der Waals surface area contributed by atoms with Crippen molar-refractivity contribution in [2.24, 2.45) is 0 Å². The fourth-order valence-corrected chi connectivity index (χ4v) is 1.38. The highest BCUT2D eigenvalue weighted by Gasteiger charge is 2.13. The summed E-state index contributed by atoms with van der Waals surface area (Å²) in [5.41, 5.74) is 1.05. The van der Waals surface area contributed by atoms with Gasteiger partial charge in [-0.2, -0.15) is 0 Å². The molecule has 0 unspecified atom stereocenters. The fourth-order valence-electron chi connectivity index (χ4n) is 1.38. The third kappa shape index (κ3) is 1.64. The molecule has 1 saturated heterocycles. The van der Waals surface area contributed by atoms with Gasteiger partial charge in [0, 0.05) is 12.6 Å². The largest absolute Gasteiger partial charge is 0.299 e. The Labute approximate surface area is 71.8 Å². The van der Waals surface area contributed by atoms with Crippen molar-refractivity contribution < 1.29 is 4.39 Å². The van der Waals surface area contributed by atoms with Crippen molar-refractivity contribution in [3.05, 3.63) is 35.6 Å². The molecule has 0 aromatic heterocycles. The van der Waals surface area contributed by atoms with Crippen LogP contribution in [0.3, 0.4) is 0 Å². The second-order valence-electron chi connectivity index (χ2n) is 3.17. The number of halogens is 1. The van der Waals surface area contributed by atoms with E-state index in [2.05, 4.69) is 11.0 Å². The number of hydrogen-bond acceptors (Lipinski definition) is 1. The monoisotopic (exact) mass is 164 g/mol. The number of hydrogen-bond donors (Lipinski definition) is 0. The maximum absolute atomic E-state index is 12.7. The summed E-state index contributed by atoms with van der Waals surface area (Å²) in [6.45, 7) is 3.19. The van der Waals surface area contributed by atoms with E-state index >= 15 is 0 Å². The predicted octanol–water partition coefficient (Wildman–Crippen LogP) is 1.83. The standard InChI is InChI=1S/C10H11FN/c11-10-4-1-3-9(7-10)8-12-5-2-6-12/h1,3,7H,2,5-6,8H2. The van der Waals surface area contributed by atoms with Crippen molar-refractivity contribution in [2.75, 3.05) is 13.1 Å².